The van der Waals surface area contributed by atoms with Gasteiger partial charge >= 0.3 is 0 Å². The zero-order valence-electron chi connectivity index (χ0n) is 17.7. The Morgan fingerprint density at radius 2 is 1.91 bits per heavy atom. The van der Waals surface area contributed by atoms with Gasteiger partial charge in [-0.05, 0) is 42.6 Å². The van der Waals surface area contributed by atoms with Gasteiger partial charge in [-0.15, -0.1) is 21.5 Å². The molecule has 0 aliphatic carbocycles. The van der Waals surface area contributed by atoms with E-state index in [0.717, 1.165) is 10.6 Å². The fourth-order valence-electron chi connectivity index (χ4n) is 3.07. The summed E-state index contributed by atoms with van der Waals surface area (Å²) in [7, 11) is 1.60. The van der Waals surface area contributed by atoms with E-state index in [4.69, 9.17) is 4.74 Å². The second kappa shape index (κ2) is 9.84. The van der Waals surface area contributed by atoms with Crippen molar-refractivity contribution in [2.45, 2.75) is 17.3 Å². The summed E-state index contributed by atoms with van der Waals surface area (Å²) in [5, 5.41) is 24.3. The predicted molar refractivity (Wildman–Crippen MR) is 128 cm³/mol. The molecule has 4 rings (SSSR count). The first-order chi connectivity index (χ1) is 16.0. The number of nitro groups is 1. The standard InChI is InChI=1S/C22H19N5O4S2/c1-14(21(28)23-15-9-11-16(12-10-15)27(29)30)33-22-25-24-20(19-8-5-13-32-19)26(22)17-6-3-4-7-18(17)31-2/h3-14H,1-2H3,(H,23,28). The van der Waals surface area contributed by atoms with E-state index in [1.165, 1.54) is 36.0 Å². The number of aromatic nitrogens is 3. The number of nitrogens with zero attached hydrogens (tertiary/aromatic N) is 4. The Morgan fingerprint density at radius 1 is 1.15 bits per heavy atom. The number of hydrogen-bond donors (Lipinski definition) is 1. The lowest BCUT2D eigenvalue weighted by atomic mass is 10.3. The molecule has 1 amide bonds. The lowest BCUT2D eigenvalue weighted by Gasteiger charge is -2.15. The number of ether oxygens (including phenoxy) is 1. The minimum absolute atomic E-state index is 0.0403. The van der Waals surface area contributed by atoms with Crippen molar-refractivity contribution < 1.29 is 14.5 Å². The van der Waals surface area contributed by atoms with E-state index in [1.54, 1.807) is 25.4 Å². The number of carbonyl (C=O) groups excluding carboxylic acids is 1. The Hall–Kier alpha value is -3.70. The predicted octanol–water partition coefficient (Wildman–Crippen LogP) is 5.03. The van der Waals surface area contributed by atoms with Crippen molar-refractivity contribution in [2.75, 3.05) is 12.4 Å². The molecule has 2 aromatic carbocycles. The molecule has 9 nitrogen and oxygen atoms in total. The zero-order chi connectivity index (χ0) is 23.4. The molecule has 1 atom stereocenters. The van der Waals surface area contributed by atoms with Crippen molar-refractivity contribution in [3.63, 3.8) is 0 Å². The maximum absolute atomic E-state index is 12.8. The topological polar surface area (TPSA) is 112 Å². The van der Waals surface area contributed by atoms with E-state index < -0.39 is 10.2 Å². The Kier molecular flexibility index (Phi) is 6.71. The molecule has 0 aliphatic heterocycles. The highest BCUT2D eigenvalue weighted by atomic mass is 32.2. The van der Waals surface area contributed by atoms with Crippen LogP contribution in [0.2, 0.25) is 0 Å². The van der Waals surface area contributed by atoms with Gasteiger partial charge in [0.1, 0.15) is 5.75 Å². The minimum atomic E-state index is -0.519. The fraction of sp³-hybridized carbons (Fsp3) is 0.136. The van der Waals surface area contributed by atoms with Crippen LogP contribution in [0.3, 0.4) is 0 Å². The summed E-state index contributed by atoms with van der Waals surface area (Å²) in [6, 6.07) is 17.1. The van der Waals surface area contributed by atoms with Gasteiger partial charge in [-0.3, -0.25) is 19.5 Å². The highest BCUT2D eigenvalue weighted by Gasteiger charge is 2.24. The SMILES string of the molecule is COc1ccccc1-n1c(SC(C)C(=O)Nc2ccc([N+](=O)[O-])cc2)nnc1-c1cccs1. The molecular formula is C22H19N5O4S2. The molecule has 11 heteroatoms. The van der Waals surface area contributed by atoms with Gasteiger partial charge in [0.15, 0.2) is 11.0 Å². The summed E-state index contributed by atoms with van der Waals surface area (Å²) in [6.07, 6.45) is 0. The number of para-hydroxylation sites is 2. The average Bonchev–Trinajstić information content (AvgIpc) is 3.49. The molecule has 0 fully saturated rings. The third-order valence-corrected chi connectivity index (χ3v) is 6.61. The Morgan fingerprint density at radius 3 is 2.58 bits per heavy atom. The first-order valence-electron chi connectivity index (χ1n) is 9.82. The number of methoxy groups -OCH3 is 1. The monoisotopic (exact) mass is 481 g/mol. The summed E-state index contributed by atoms with van der Waals surface area (Å²) >= 11 is 2.80. The van der Waals surface area contributed by atoms with Crippen LogP contribution < -0.4 is 10.1 Å². The summed E-state index contributed by atoms with van der Waals surface area (Å²) in [5.74, 6) is 1.04. The van der Waals surface area contributed by atoms with E-state index >= 15 is 0 Å². The number of rotatable bonds is 8. The van der Waals surface area contributed by atoms with Crippen LogP contribution in [0.25, 0.3) is 16.4 Å². The van der Waals surface area contributed by atoms with Crippen molar-refractivity contribution in [3.8, 4) is 22.1 Å². The molecule has 0 saturated carbocycles. The normalized spacial score (nSPS) is 11.7. The molecule has 0 bridgehead atoms. The molecule has 1 N–H and O–H groups in total. The summed E-state index contributed by atoms with van der Waals surface area (Å²) < 4.78 is 7.42. The maximum atomic E-state index is 12.8. The van der Waals surface area contributed by atoms with Gasteiger partial charge in [-0.1, -0.05) is 30.0 Å². The molecule has 33 heavy (non-hydrogen) atoms. The van der Waals surface area contributed by atoms with Gasteiger partial charge in [-0.2, -0.15) is 0 Å². The number of carbonyl (C=O) groups is 1. The number of thiophene rings is 1. The van der Waals surface area contributed by atoms with Crippen LogP contribution in [0.4, 0.5) is 11.4 Å². The van der Waals surface area contributed by atoms with Crippen LogP contribution in [-0.4, -0.2) is 38.0 Å². The molecule has 2 heterocycles. The molecule has 0 aliphatic rings. The number of non-ortho nitro benzene ring substituents is 1. The van der Waals surface area contributed by atoms with Crippen molar-refractivity contribution >= 4 is 40.4 Å². The average molecular weight is 482 g/mol. The third kappa shape index (κ3) is 4.89. The van der Waals surface area contributed by atoms with Crippen molar-refractivity contribution in [2.24, 2.45) is 0 Å². The molecule has 0 radical (unpaired) electrons. The number of benzene rings is 2. The summed E-state index contributed by atoms with van der Waals surface area (Å²) in [4.78, 5) is 24.1. The van der Waals surface area contributed by atoms with Crippen molar-refractivity contribution in [1.29, 1.82) is 0 Å². The molecule has 168 valence electrons. The van der Waals surface area contributed by atoms with Crippen LogP contribution in [-0.2, 0) is 4.79 Å². The van der Waals surface area contributed by atoms with E-state index in [2.05, 4.69) is 15.5 Å². The number of amides is 1. The Balaban J connectivity index is 1.61. The maximum Gasteiger partial charge on any atom is 0.269 e. The van der Waals surface area contributed by atoms with Crippen LogP contribution in [0, 0.1) is 10.1 Å². The molecular weight excluding hydrogens is 462 g/mol. The zero-order valence-corrected chi connectivity index (χ0v) is 19.3. The van der Waals surface area contributed by atoms with Crippen LogP contribution in [0.1, 0.15) is 6.92 Å². The van der Waals surface area contributed by atoms with Crippen LogP contribution in [0.5, 0.6) is 5.75 Å². The fourth-order valence-corrected chi connectivity index (χ4v) is 4.62. The van der Waals surface area contributed by atoms with Gasteiger partial charge in [0.2, 0.25) is 5.91 Å². The second-order valence-corrected chi connectivity index (χ2v) is 9.10. The second-order valence-electron chi connectivity index (χ2n) is 6.84. The molecule has 4 aromatic rings. The van der Waals surface area contributed by atoms with Crippen molar-refractivity contribution in [1.82, 2.24) is 14.8 Å². The highest BCUT2D eigenvalue weighted by molar-refractivity contribution is 8.00. The lowest BCUT2D eigenvalue weighted by molar-refractivity contribution is -0.384. The van der Waals surface area contributed by atoms with E-state index in [1.807, 2.05) is 46.3 Å². The van der Waals surface area contributed by atoms with E-state index in [0.29, 0.717) is 22.4 Å². The lowest BCUT2D eigenvalue weighted by Crippen LogP contribution is -2.22. The van der Waals surface area contributed by atoms with Crippen LogP contribution in [0.15, 0.2) is 71.2 Å². The van der Waals surface area contributed by atoms with Gasteiger partial charge in [0.25, 0.3) is 5.69 Å². The summed E-state index contributed by atoms with van der Waals surface area (Å²) in [5.41, 5.74) is 1.20. The van der Waals surface area contributed by atoms with Crippen LogP contribution >= 0.6 is 23.1 Å². The quantitative estimate of drug-likeness (QED) is 0.213. The largest absolute Gasteiger partial charge is 0.495 e. The number of nitro benzene ring substituents is 1. The first kappa shape index (κ1) is 22.5. The van der Waals surface area contributed by atoms with Gasteiger partial charge in [0, 0.05) is 17.8 Å². The Bertz CT molecular complexity index is 1270. The highest BCUT2D eigenvalue weighted by Crippen LogP contribution is 2.35. The minimum Gasteiger partial charge on any atom is -0.495 e. The number of nitrogens with one attached hydrogen (secondary N) is 1. The van der Waals surface area contributed by atoms with Gasteiger partial charge in [0.05, 0.1) is 27.8 Å². The Labute approximate surface area is 197 Å². The molecule has 0 saturated heterocycles. The number of hydrogen-bond acceptors (Lipinski definition) is 8. The molecule has 2 aromatic heterocycles. The van der Waals surface area contributed by atoms with Gasteiger partial charge in [-0.25, -0.2) is 0 Å². The number of thioether (sulfide) groups is 1. The van der Waals surface area contributed by atoms with Gasteiger partial charge < -0.3 is 10.1 Å². The van der Waals surface area contributed by atoms with E-state index in [9.17, 15) is 14.9 Å². The number of anilines is 1. The smallest absolute Gasteiger partial charge is 0.269 e. The van der Waals surface area contributed by atoms with E-state index in [-0.39, 0.29) is 11.6 Å². The van der Waals surface area contributed by atoms with Crippen molar-refractivity contribution in [3.05, 3.63) is 76.2 Å². The molecule has 1 unspecified atom stereocenters. The first-order valence-corrected chi connectivity index (χ1v) is 11.6. The summed E-state index contributed by atoms with van der Waals surface area (Å²) in [6.45, 7) is 1.76. The third-order valence-electron chi connectivity index (χ3n) is 4.70. The molecule has 0 spiro atoms.